The molecule has 0 aliphatic carbocycles. The maximum atomic E-state index is 11.9. The summed E-state index contributed by atoms with van der Waals surface area (Å²) in [6, 6.07) is 1.55. The SMILES string of the molecule is CC1CC(NC(=O)CCC2CCCN2)CCN1C. The highest BCUT2D eigenvalue weighted by molar-refractivity contribution is 5.76. The number of nitrogens with zero attached hydrogens (tertiary/aromatic N) is 1. The van der Waals surface area contributed by atoms with Crippen LogP contribution in [0.4, 0.5) is 0 Å². The minimum Gasteiger partial charge on any atom is -0.353 e. The number of piperidine rings is 1. The number of carbonyl (C=O) groups is 1. The largest absolute Gasteiger partial charge is 0.353 e. The molecule has 2 saturated heterocycles. The third-order valence-corrected chi connectivity index (χ3v) is 4.46. The van der Waals surface area contributed by atoms with Gasteiger partial charge < -0.3 is 15.5 Å². The van der Waals surface area contributed by atoms with Gasteiger partial charge in [0.1, 0.15) is 0 Å². The highest BCUT2D eigenvalue weighted by Gasteiger charge is 2.24. The van der Waals surface area contributed by atoms with Crippen LogP contribution < -0.4 is 10.6 Å². The molecule has 3 atom stereocenters. The molecule has 0 aromatic carbocycles. The van der Waals surface area contributed by atoms with Gasteiger partial charge in [-0.05, 0) is 52.6 Å². The number of carbonyl (C=O) groups excluding carboxylic acids is 1. The molecule has 0 bridgehead atoms. The predicted octanol–water partition coefficient (Wildman–Crippen LogP) is 1.12. The lowest BCUT2D eigenvalue weighted by atomic mass is 9.98. The van der Waals surface area contributed by atoms with Crippen LogP contribution in [-0.2, 0) is 4.79 Å². The molecule has 2 fully saturated rings. The van der Waals surface area contributed by atoms with Gasteiger partial charge in [0.25, 0.3) is 0 Å². The van der Waals surface area contributed by atoms with Crippen LogP contribution in [0.2, 0.25) is 0 Å². The highest BCUT2D eigenvalue weighted by Crippen LogP contribution is 2.16. The average Bonchev–Trinajstić information content (AvgIpc) is 2.84. The summed E-state index contributed by atoms with van der Waals surface area (Å²) in [6.07, 6.45) is 6.35. The standard InChI is InChI=1S/C14H27N3O/c1-11-10-13(7-9-17(11)2)16-14(18)6-5-12-4-3-8-15-12/h11-13,15H,3-10H2,1-2H3,(H,16,18). The fourth-order valence-electron chi connectivity index (χ4n) is 3.03. The molecule has 2 heterocycles. The van der Waals surface area contributed by atoms with E-state index in [4.69, 9.17) is 0 Å². The molecule has 1 amide bonds. The Bertz CT molecular complexity index is 276. The Morgan fingerprint density at radius 1 is 1.44 bits per heavy atom. The third kappa shape index (κ3) is 3.95. The molecule has 2 rings (SSSR count). The Labute approximate surface area is 110 Å². The first-order valence-corrected chi connectivity index (χ1v) is 7.38. The van der Waals surface area contributed by atoms with Gasteiger partial charge in [0.05, 0.1) is 0 Å². The van der Waals surface area contributed by atoms with Gasteiger partial charge in [0, 0.05) is 31.1 Å². The first-order chi connectivity index (χ1) is 8.65. The van der Waals surface area contributed by atoms with Crippen LogP contribution in [0.3, 0.4) is 0 Å². The topological polar surface area (TPSA) is 44.4 Å². The Kier molecular flexibility index (Phi) is 5.01. The van der Waals surface area contributed by atoms with Crippen molar-refractivity contribution in [2.24, 2.45) is 0 Å². The number of nitrogens with one attached hydrogen (secondary N) is 2. The predicted molar refractivity (Wildman–Crippen MR) is 73.5 cm³/mol. The lowest BCUT2D eigenvalue weighted by Gasteiger charge is -2.35. The van der Waals surface area contributed by atoms with Crippen LogP contribution in [0, 0.1) is 0 Å². The highest BCUT2D eigenvalue weighted by atomic mass is 16.1. The van der Waals surface area contributed by atoms with Crippen LogP contribution in [0.25, 0.3) is 0 Å². The molecule has 2 aliphatic heterocycles. The first-order valence-electron chi connectivity index (χ1n) is 7.38. The Morgan fingerprint density at radius 2 is 2.28 bits per heavy atom. The molecule has 104 valence electrons. The van der Waals surface area contributed by atoms with E-state index in [1.54, 1.807) is 0 Å². The molecule has 0 aromatic heterocycles. The molecule has 3 unspecified atom stereocenters. The van der Waals surface area contributed by atoms with Crippen molar-refractivity contribution in [3.8, 4) is 0 Å². The van der Waals surface area contributed by atoms with Gasteiger partial charge in [-0.2, -0.15) is 0 Å². The fourth-order valence-corrected chi connectivity index (χ4v) is 3.03. The molecular weight excluding hydrogens is 226 g/mol. The molecule has 0 spiro atoms. The van der Waals surface area contributed by atoms with Gasteiger partial charge in [0.15, 0.2) is 0 Å². The minimum atomic E-state index is 0.241. The summed E-state index contributed by atoms with van der Waals surface area (Å²) in [7, 11) is 2.16. The van der Waals surface area contributed by atoms with Crippen LogP contribution in [-0.4, -0.2) is 49.1 Å². The molecular formula is C14H27N3O. The number of rotatable bonds is 4. The first kappa shape index (κ1) is 13.8. The summed E-state index contributed by atoms with van der Waals surface area (Å²) in [6.45, 7) is 4.45. The zero-order valence-electron chi connectivity index (χ0n) is 11.7. The maximum absolute atomic E-state index is 11.9. The van der Waals surface area contributed by atoms with Gasteiger partial charge in [0.2, 0.25) is 5.91 Å². The number of likely N-dealkylation sites (tertiary alicyclic amines) is 1. The van der Waals surface area contributed by atoms with E-state index in [1.807, 2.05) is 0 Å². The van der Waals surface area contributed by atoms with E-state index in [2.05, 4.69) is 29.5 Å². The molecule has 4 heteroatoms. The number of amides is 1. The average molecular weight is 253 g/mol. The molecule has 2 N–H and O–H groups in total. The van der Waals surface area contributed by atoms with Crippen molar-refractivity contribution in [2.75, 3.05) is 20.1 Å². The van der Waals surface area contributed by atoms with Gasteiger partial charge in [-0.3, -0.25) is 4.79 Å². The Balaban J connectivity index is 1.64. The molecule has 4 nitrogen and oxygen atoms in total. The lowest BCUT2D eigenvalue weighted by molar-refractivity contribution is -0.122. The molecule has 18 heavy (non-hydrogen) atoms. The molecule has 0 saturated carbocycles. The van der Waals surface area contributed by atoms with Crippen LogP contribution >= 0.6 is 0 Å². The van der Waals surface area contributed by atoms with E-state index in [9.17, 15) is 4.79 Å². The second-order valence-corrected chi connectivity index (χ2v) is 5.95. The van der Waals surface area contributed by atoms with E-state index < -0.39 is 0 Å². The summed E-state index contributed by atoms with van der Waals surface area (Å²) in [5.41, 5.74) is 0. The van der Waals surface area contributed by atoms with Gasteiger partial charge >= 0.3 is 0 Å². The van der Waals surface area contributed by atoms with Crippen LogP contribution in [0.5, 0.6) is 0 Å². The minimum absolute atomic E-state index is 0.241. The van der Waals surface area contributed by atoms with Crippen molar-refractivity contribution >= 4 is 5.91 Å². The lowest BCUT2D eigenvalue weighted by Crippen LogP contribution is -2.47. The smallest absolute Gasteiger partial charge is 0.220 e. The summed E-state index contributed by atoms with van der Waals surface area (Å²) < 4.78 is 0. The van der Waals surface area contributed by atoms with Gasteiger partial charge in [-0.1, -0.05) is 0 Å². The quantitative estimate of drug-likeness (QED) is 0.789. The number of hydrogen-bond donors (Lipinski definition) is 2. The summed E-state index contributed by atoms with van der Waals surface area (Å²) in [4.78, 5) is 14.3. The zero-order chi connectivity index (χ0) is 13.0. The fraction of sp³-hybridized carbons (Fsp3) is 0.929. The Morgan fingerprint density at radius 3 is 2.94 bits per heavy atom. The van der Waals surface area contributed by atoms with Crippen molar-refractivity contribution in [3.05, 3.63) is 0 Å². The summed E-state index contributed by atoms with van der Waals surface area (Å²) in [5, 5.41) is 6.64. The van der Waals surface area contributed by atoms with Crippen molar-refractivity contribution in [1.82, 2.24) is 15.5 Å². The monoisotopic (exact) mass is 253 g/mol. The van der Waals surface area contributed by atoms with Crippen LogP contribution in [0.1, 0.15) is 45.4 Å². The second kappa shape index (κ2) is 6.53. The Hall–Kier alpha value is -0.610. The van der Waals surface area contributed by atoms with Crippen molar-refractivity contribution < 1.29 is 4.79 Å². The van der Waals surface area contributed by atoms with Gasteiger partial charge in [-0.25, -0.2) is 0 Å². The summed E-state index contributed by atoms with van der Waals surface area (Å²) in [5.74, 6) is 0.241. The molecule has 0 aromatic rings. The van der Waals surface area contributed by atoms with Crippen molar-refractivity contribution in [3.63, 3.8) is 0 Å². The van der Waals surface area contributed by atoms with Crippen molar-refractivity contribution in [1.29, 1.82) is 0 Å². The van der Waals surface area contributed by atoms with Gasteiger partial charge in [-0.15, -0.1) is 0 Å². The van der Waals surface area contributed by atoms with E-state index in [0.717, 1.165) is 32.4 Å². The summed E-state index contributed by atoms with van der Waals surface area (Å²) >= 11 is 0. The second-order valence-electron chi connectivity index (χ2n) is 5.95. The van der Waals surface area contributed by atoms with E-state index in [0.29, 0.717) is 24.5 Å². The van der Waals surface area contributed by atoms with E-state index in [1.165, 1.54) is 12.8 Å². The maximum Gasteiger partial charge on any atom is 0.220 e. The third-order valence-electron chi connectivity index (χ3n) is 4.46. The van der Waals surface area contributed by atoms with E-state index >= 15 is 0 Å². The normalized spacial score (nSPS) is 33.6. The van der Waals surface area contributed by atoms with Crippen LogP contribution in [0.15, 0.2) is 0 Å². The zero-order valence-corrected chi connectivity index (χ0v) is 11.7. The van der Waals surface area contributed by atoms with E-state index in [-0.39, 0.29) is 5.91 Å². The molecule has 2 aliphatic rings. The van der Waals surface area contributed by atoms with Crippen molar-refractivity contribution in [2.45, 2.75) is 63.6 Å². The number of hydrogen-bond acceptors (Lipinski definition) is 3. The molecule has 0 radical (unpaired) electrons.